The molecule has 0 aromatic carbocycles. The topological polar surface area (TPSA) is 98.7 Å². The smallest absolute Gasteiger partial charge is 0.249 e. The van der Waals surface area contributed by atoms with Gasteiger partial charge in [0, 0.05) is 60.2 Å². The Labute approximate surface area is 141 Å². The summed E-state index contributed by atoms with van der Waals surface area (Å²) in [5, 5.41) is 23.7. The normalized spacial score (nSPS) is 12.3. The SMILES string of the molecule is CC(C)(CO)[C@@H](O)C(=O)NCCC(=O)NCCS.[Na]. The molecular weight excluding hydrogens is 279 g/mol. The van der Waals surface area contributed by atoms with Crippen LogP contribution < -0.4 is 10.6 Å². The predicted octanol–water partition coefficient (Wildman–Crippen LogP) is -1.46. The van der Waals surface area contributed by atoms with E-state index in [0.29, 0.717) is 12.3 Å². The molecule has 0 heterocycles. The molecule has 0 spiro atoms. The number of nitrogens with one attached hydrogen (secondary N) is 2. The van der Waals surface area contributed by atoms with Crippen LogP contribution in [0, 0.1) is 5.41 Å². The first kappa shape index (κ1) is 21.5. The maximum absolute atomic E-state index is 11.5. The van der Waals surface area contributed by atoms with E-state index < -0.39 is 17.4 Å². The second kappa shape index (κ2) is 10.9. The second-order valence-corrected chi connectivity index (χ2v) is 5.11. The number of rotatable bonds is 8. The van der Waals surface area contributed by atoms with Gasteiger partial charge in [-0.3, -0.25) is 9.59 Å². The van der Waals surface area contributed by atoms with Crippen LogP contribution >= 0.6 is 12.6 Å². The van der Waals surface area contributed by atoms with Gasteiger partial charge in [0.05, 0.1) is 6.61 Å². The summed E-state index contributed by atoms with van der Waals surface area (Å²) < 4.78 is 0. The summed E-state index contributed by atoms with van der Waals surface area (Å²) >= 11 is 3.95. The van der Waals surface area contributed by atoms with Crippen molar-refractivity contribution in [1.82, 2.24) is 10.6 Å². The Morgan fingerprint density at radius 2 is 1.84 bits per heavy atom. The quantitative estimate of drug-likeness (QED) is 0.279. The van der Waals surface area contributed by atoms with Crippen LogP contribution in [-0.4, -0.2) is 83.1 Å². The van der Waals surface area contributed by atoms with Crippen molar-refractivity contribution in [1.29, 1.82) is 0 Å². The van der Waals surface area contributed by atoms with E-state index in [1.165, 1.54) is 0 Å². The molecule has 0 aliphatic heterocycles. The van der Waals surface area contributed by atoms with Gasteiger partial charge in [0.1, 0.15) is 6.10 Å². The van der Waals surface area contributed by atoms with Crippen molar-refractivity contribution in [2.45, 2.75) is 26.4 Å². The number of thiol groups is 1. The largest absolute Gasteiger partial charge is 0.396 e. The summed E-state index contributed by atoms with van der Waals surface area (Å²) in [5.41, 5.74) is -0.904. The van der Waals surface area contributed by atoms with Gasteiger partial charge in [0.15, 0.2) is 0 Å². The molecule has 0 rings (SSSR count). The van der Waals surface area contributed by atoms with Gasteiger partial charge in [0.25, 0.3) is 0 Å². The van der Waals surface area contributed by atoms with Gasteiger partial charge >= 0.3 is 0 Å². The predicted molar refractivity (Wildman–Crippen MR) is 77.1 cm³/mol. The van der Waals surface area contributed by atoms with Crippen LogP contribution in [0.3, 0.4) is 0 Å². The minimum absolute atomic E-state index is 0. The van der Waals surface area contributed by atoms with E-state index in [2.05, 4.69) is 23.3 Å². The second-order valence-electron chi connectivity index (χ2n) is 4.66. The fraction of sp³-hybridized carbons (Fsp3) is 0.818. The van der Waals surface area contributed by atoms with Gasteiger partial charge in [-0.1, -0.05) is 13.8 Å². The molecule has 107 valence electrons. The zero-order valence-corrected chi connectivity index (χ0v) is 14.7. The van der Waals surface area contributed by atoms with E-state index in [-0.39, 0.29) is 55.0 Å². The van der Waals surface area contributed by atoms with E-state index >= 15 is 0 Å². The van der Waals surface area contributed by atoms with Crippen LogP contribution in [0.2, 0.25) is 0 Å². The number of aliphatic hydroxyl groups excluding tert-OH is 2. The van der Waals surface area contributed by atoms with E-state index in [9.17, 15) is 14.7 Å². The first-order chi connectivity index (χ1) is 8.35. The van der Waals surface area contributed by atoms with Crippen molar-refractivity contribution in [2.75, 3.05) is 25.4 Å². The van der Waals surface area contributed by atoms with E-state index in [4.69, 9.17) is 5.11 Å². The average molecular weight is 301 g/mol. The standard InChI is InChI=1S/C11H22N2O4S.Na/c1-11(2,7-14)9(16)10(17)13-4-3-8(15)12-5-6-18;/h9,14,16,18H,3-7H2,1-2H3,(H,12,15)(H,13,17);/t9-;/m0./s1. The summed E-state index contributed by atoms with van der Waals surface area (Å²) in [6, 6.07) is 0. The average Bonchev–Trinajstić information content (AvgIpc) is 2.35. The van der Waals surface area contributed by atoms with Crippen molar-refractivity contribution in [3.8, 4) is 0 Å². The van der Waals surface area contributed by atoms with E-state index in [1.807, 2.05) is 0 Å². The fourth-order valence-corrected chi connectivity index (χ4v) is 1.23. The Bertz CT molecular complexity index is 290. The van der Waals surface area contributed by atoms with Crippen LogP contribution in [-0.2, 0) is 9.59 Å². The van der Waals surface area contributed by atoms with Crippen LogP contribution in [0.25, 0.3) is 0 Å². The van der Waals surface area contributed by atoms with Crippen molar-refractivity contribution < 1.29 is 19.8 Å². The minimum atomic E-state index is -1.30. The van der Waals surface area contributed by atoms with Crippen LogP contribution in [0.1, 0.15) is 20.3 Å². The fourth-order valence-electron chi connectivity index (χ4n) is 1.12. The first-order valence-corrected chi connectivity index (χ1v) is 6.42. The zero-order valence-electron chi connectivity index (χ0n) is 11.8. The first-order valence-electron chi connectivity index (χ1n) is 5.79. The van der Waals surface area contributed by atoms with Crippen molar-refractivity contribution in [3.05, 3.63) is 0 Å². The molecule has 0 fully saturated rings. The molecule has 0 aliphatic rings. The molecule has 1 radical (unpaired) electrons. The summed E-state index contributed by atoms with van der Waals surface area (Å²) in [7, 11) is 0. The Balaban J connectivity index is 0. The van der Waals surface area contributed by atoms with Gasteiger partial charge in [-0.25, -0.2) is 0 Å². The molecule has 8 heteroatoms. The third-order valence-electron chi connectivity index (χ3n) is 2.48. The molecule has 0 bridgehead atoms. The number of carbonyl (C=O) groups is 2. The van der Waals surface area contributed by atoms with Crippen LogP contribution in [0.5, 0.6) is 0 Å². The molecule has 1 atom stereocenters. The third-order valence-corrected chi connectivity index (χ3v) is 2.70. The molecule has 0 saturated carbocycles. The molecule has 0 aliphatic carbocycles. The van der Waals surface area contributed by atoms with Crippen LogP contribution in [0.4, 0.5) is 0 Å². The molecule has 0 aromatic heterocycles. The Kier molecular flexibility index (Phi) is 12.4. The van der Waals surface area contributed by atoms with Gasteiger partial charge in [-0.05, 0) is 0 Å². The Hall–Kier alpha value is 0.210. The number of amides is 2. The molecule has 2 amide bonds. The molecule has 19 heavy (non-hydrogen) atoms. The van der Waals surface area contributed by atoms with Gasteiger partial charge in [0.2, 0.25) is 11.8 Å². The molecular formula is C11H22N2NaO4S. The maximum atomic E-state index is 11.5. The maximum Gasteiger partial charge on any atom is 0.249 e. The minimum Gasteiger partial charge on any atom is -0.396 e. The van der Waals surface area contributed by atoms with Crippen LogP contribution in [0.15, 0.2) is 0 Å². The van der Waals surface area contributed by atoms with Gasteiger partial charge in [-0.2, -0.15) is 12.6 Å². The van der Waals surface area contributed by atoms with Gasteiger partial charge < -0.3 is 20.8 Å². The number of aliphatic hydroxyl groups is 2. The zero-order chi connectivity index (χ0) is 14.2. The summed E-state index contributed by atoms with van der Waals surface area (Å²) in [6.45, 7) is 3.49. The third kappa shape index (κ3) is 8.88. The molecule has 4 N–H and O–H groups in total. The number of hydrogen-bond donors (Lipinski definition) is 5. The molecule has 6 nitrogen and oxygen atoms in total. The summed E-state index contributed by atoms with van der Waals surface area (Å²) in [4.78, 5) is 22.7. The van der Waals surface area contributed by atoms with Crippen molar-refractivity contribution >= 4 is 54.0 Å². The molecule has 0 saturated heterocycles. The van der Waals surface area contributed by atoms with E-state index in [1.54, 1.807) is 13.8 Å². The molecule has 0 aromatic rings. The van der Waals surface area contributed by atoms with E-state index in [0.717, 1.165) is 0 Å². The number of carbonyl (C=O) groups excluding carboxylic acids is 2. The van der Waals surface area contributed by atoms with Crippen molar-refractivity contribution in [2.24, 2.45) is 5.41 Å². The monoisotopic (exact) mass is 301 g/mol. The molecule has 0 unspecified atom stereocenters. The Morgan fingerprint density at radius 3 is 2.32 bits per heavy atom. The Morgan fingerprint density at radius 1 is 1.26 bits per heavy atom. The van der Waals surface area contributed by atoms with Crippen molar-refractivity contribution in [3.63, 3.8) is 0 Å². The summed E-state index contributed by atoms with van der Waals surface area (Å²) in [6.07, 6.45) is -1.16. The summed E-state index contributed by atoms with van der Waals surface area (Å²) in [5.74, 6) is -0.210. The number of hydrogen-bond acceptors (Lipinski definition) is 5. The van der Waals surface area contributed by atoms with Gasteiger partial charge in [-0.15, -0.1) is 0 Å².